The summed E-state index contributed by atoms with van der Waals surface area (Å²) in [6.07, 6.45) is 3.85. The van der Waals surface area contributed by atoms with Crippen LogP contribution in [0.5, 0.6) is 0 Å². The maximum Gasteiger partial charge on any atom is 0.188 e. The molecule has 0 atom stereocenters. The molecule has 4 nitrogen and oxygen atoms in total. The van der Waals surface area contributed by atoms with E-state index in [0.29, 0.717) is 19.0 Å². The third-order valence-corrected chi connectivity index (χ3v) is 2.65. The smallest absolute Gasteiger partial charge is 0.188 e. The van der Waals surface area contributed by atoms with Gasteiger partial charge in [-0.15, -0.1) is 24.0 Å². The van der Waals surface area contributed by atoms with Gasteiger partial charge in [0.2, 0.25) is 0 Å². The summed E-state index contributed by atoms with van der Waals surface area (Å²) < 4.78 is 0. The lowest BCUT2D eigenvalue weighted by atomic mass is 10.0. The summed E-state index contributed by atoms with van der Waals surface area (Å²) in [5.74, 6) is 0.387. The topological polar surface area (TPSA) is 70.6 Å². The Morgan fingerprint density at radius 2 is 2.06 bits per heavy atom. The van der Waals surface area contributed by atoms with Crippen molar-refractivity contribution < 1.29 is 5.11 Å². The molecule has 1 aliphatic carbocycles. The molecule has 0 aromatic rings. The van der Waals surface area contributed by atoms with Crippen molar-refractivity contribution in [3.05, 3.63) is 12.2 Å². The second-order valence-electron chi connectivity index (χ2n) is 4.44. The highest BCUT2D eigenvalue weighted by Gasteiger charge is 2.30. The third kappa shape index (κ3) is 5.69. The van der Waals surface area contributed by atoms with Crippen LogP contribution in [0.4, 0.5) is 0 Å². The van der Waals surface area contributed by atoms with Crippen LogP contribution in [0.2, 0.25) is 0 Å². The van der Waals surface area contributed by atoms with E-state index >= 15 is 0 Å². The lowest BCUT2D eigenvalue weighted by Crippen LogP contribution is -2.36. The maximum absolute atomic E-state index is 10.0. The molecule has 0 radical (unpaired) electrons. The van der Waals surface area contributed by atoms with Gasteiger partial charge in [0.15, 0.2) is 5.96 Å². The van der Waals surface area contributed by atoms with Crippen molar-refractivity contribution in [1.82, 2.24) is 5.32 Å². The Kier molecular flexibility index (Phi) is 6.98. The lowest BCUT2D eigenvalue weighted by Gasteiger charge is -2.19. The van der Waals surface area contributed by atoms with Crippen LogP contribution in [0.25, 0.3) is 0 Å². The zero-order chi connectivity index (χ0) is 11.3. The number of rotatable bonds is 4. The van der Waals surface area contributed by atoms with Gasteiger partial charge in [0, 0.05) is 6.54 Å². The van der Waals surface area contributed by atoms with Crippen LogP contribution in [-0.4, -0.2) is 29.8 Å². The molecule has 0 saturated heterocycles. The second-order valence-corrected chi connectivity index (χ2v) is 4.44. The number of nitrogens with two attached hydrogens (primary N) is 1. The Bertz CT molecular complexity index is 260. The minimum Gasteiger partial charge on any atom is -0.388 e. The first kappa shape index (κ1) is 15.7. The third-order valence-electron chi connectivity index (χ3n) is 2.65. The van der Waals surface area contributed by atoms with E-state index in [-0.39, 0.29) is 24.0 Å². The normalized spacial score (nSPS) is 19.0. The Hall–Kier alpha value is -0.300. The molecule has 0 amide bonds. The van der Waals surface area contributed by atoms with E-state index in [0.717, 1.165) is 31.3 Å². The van der Waals surface area contributed by atoms with E-state index in [1.165, 1.54) is 0 Å². The largest absolute Gasteiger partial charge is 0.388 e. The van der Waals surface area contributed by atoms with Crippen LogP contribution in [0.15, 0.2) is 17.1 Å². The average Bonchev–Trinajstić information content (AvgIpc) is 2.60. The van der Waals surface area contributed by atoms with Crippen LogP contribution in [0.1, 0.15) is 32.6 Å². The van der Waals surface area contributed by atoms with Gasteiger partial charge in [0.05, 0.1) is 12.1 Å². The molecule has 94 valence electrons. The SMILES string of the molecule is C=C(C)CNC(N)=NCC1(O)CCCC1.I. The predicted molar refractivity (Wildman–Crippen MR) is 78.1 cm³/mol. The molecule has 1 rings (SSSR count). The number of hydrogen-bond acceptors (Lipinski definition) is 2. The van der Waals surface area contributed by atoms with Gasteiger partial charge in [-0.05, 0) is 19.8 Å². The van der Waals surface area contributed by atoms with Gasteiger partial charge < -0.3 is 16.2 Å². The minimum absolute atomic E-state index is 0. The van der Waals surface area contributed by atoms with Crippen molar-refractivity contribution >= 4 is 29.9 Å². The van der Waals surface area contributed by atoms with Crippen molar-refractivity contribution in [1.29, 1.82) is 0 Å². The first-order valence-corrected chi connectivity index (χ1v) is 5.42. The van der Waals surface area contributed by atoms with Gasteiger partial charge >= 0.3 is 0 Å². The fourth-order valence-corrected chi connectivity index (χ4v) is 1.72. The van der Waals surface area contributed by atoms with Crippen molar-refractivity contribution in [2.45, 2.75) is 38.2 Å². The Morgan fingerprint density at radius 3 is 2.56 bits per heavy atom. The summed E-state index contributed by atoms with van der Waals surface area (Å²) in [5.41, 5.74) is 6.04. The molecular formula is C11H22IN3O. The summed E-state index contributed by atoms with van der Waals surface area (Å²) in [4.78, 5) is 4.14. The van der Waals surface area contributed by atoms with Crippen LogP contribution in [0, 0.1) is 0 Å². The van der Waals surface area contributed by atoms with Crippen molar-refractivity contribution in [3.8, 4) is 0 Å². The molecule has 0 aromatic heterocycles. The first-order chi connectivity index (χ1) is 7.02. The Labute approximate surface area is 114 Å². The molecule has 4 N–H and O–H groups in total. The number of halogens is 1. The zero-order valence-corrected chi connectivity index (χ0v) is 12.2. The standard InChI is InChI=1S/C11H21N3O.HI/c1-9(2)7-13-10(12)14-8-11(15)5-3-4-6-11;/h15H,1,3-8H2,2H3,(H3,12,13,14);1H. The fourth-order valence-electron chi connectivity index (χ4n) is 1.72. The van der Waals surface area contributed by atoms with Gasteiger partial charge in [-0.25, -0.2) is 0 Å². The molecule has 16 heavy (non-hydrogen) atoms. The molecule has 1 saturated carbocycles. The van der Waals surface area contributed by atoms with Crippen LogP contribution in [0.3, 0.4) is 0 Å². The van der Waals surface area contributed by atoms with E-state index in [1.807, 2.05) is 6.92 Å². The van der Waals surface area contributed by atoms with E-state index in [4.69, 9.17) is 5.73 Å². The van der Waals surface area contributed by atoms with Crippen molar-refractivity contribution in [3.63, 3.8) is 0 Å². The molecule has 0 aromatic carbocycles. The highest BCUT2D eigenvalue weighted by Crippen LogP contribution is 2.29. The fraction of sp³-hybridized carbons (Fsp3) is 0.727. The number of aliphatic hydroxyl groups is 1. The van der Waals surface area contributed by atoms with Gasteiger partial charge in [-0.2, -0.15) is 0 Å². The van der Waals surface area contributed by atoms with Crippen molar-refractivity contribution in [2.75, 3.05) is 13.1 Å². The molecular weight excluding hydrogens is 317 g/mol. The van der Waals surface area contributed by atoms with Crippen LogP contribution >= 0.6 is 24.0 Å². The van der Waals surface area contributed by atoms with E-state index in [1.54, 1.807) is 0 Å². The number of nitrogens with one attached hydrogen (secondary N) is 1. The van der Waals surface area contributed by atoms with Gasteiger partial charge in [-0.3, -0.25) is 4.99 Å². The molecule has 5 heteroatoms. The number of aliphatic imine (C=N–C) groups is 1. The molecule has 1 fully saturated rings. The molecule has 0 aliphatic heterocycles. The first-order valence-electron chi connectivity index (χ1n) is 5.42. The molecule has 0 heterocycles. The highest BCUT2D eigenvalue weighted by molar-refractivity contribution is 14.0. The second kappa shape index (κ2) is 7.11. The number of nitrogens with zero attached hydrogens (tertiary/aromatic N) is 1. The monoisotopic (exact) mass is 339 g/mol. The average molecular weight is 339 g/mol. The summed E-state index contributed by atoms with van der Waals surface area (Å²) in [5, 5.41) is 12.9. The summed E-state index contributed by atoms with van der Waals surface area (Å²) in [6.45, 7) is 6.71. The quantitative estimate of drug-likeness (QED) is 0.314. The van der Waals surface area contributed by atoms with Gasteiger partial charge in [0.1, 0.15) is 0 Å². The number of guanidine groups is 1. The lowest BCUT2D eigenvalue weighted by molar-refractivity contribution is 0.0575. The molecule has 1 aliphatic rings. The molecule has 0 unspecified atom stereocenters. The van der Waals surface area contributed by atoms with E-state index < -0.39 is 5.60 Å². The molecule has 0 spiro atoms. The Balaban J connectivity index is 0.00000225. The maximum atomic E-state index is 10.0. The van der Waals surface area contributed by atoms with E-state index in [9.17, 15) is 5.11 Å². The van der Waals surface area contributed by atoms with Gasteiger partial charge in [0.25, 0.3) is 0 Å². The highest BCUT2D eigenvalue weighted by atomic mass is 127. The number of hydrogen-bond donors (Lipinski definition) is 3. The molecule has 0 bridgehead atoms. The van der Waals surface area contributed by atoms with Crippen molar-refractivity contribution in [2.24, 2.45) is 10.7 Å². The van der Waals surface area contributed by atoms with Crippen LogP contribution < -0.4 is 11.1 Å². The zero-order valence-electron chi connectivity index (χ0n) is 9.83. The minimum atomic E-state index is -0.616. The van der Waals surface area contributed by atoms with E-state index in [2.05, 4.69) is 16.9 Å². The van der Waals surface area contributed by atoms with Crippen LogP contribution in [-0.2, 0) is 0 Å². The summed E-state index contributed by atoms with van der Waals surface area (Å²) in [6, 6.07) is 0. The summed E-state index contributed by atoms with van der Waals surface area (Å²) >= 11 is 0. The summed E-state index contributed by atoms with van der Waals surface area (Å²) in [7, 11) is 0. The Morgan fingerprint density at radius 1 is 1.50 bits per heavy atom. The predicted octanol–water partition coefficient (Wildman–Crippen LogP) is 1.39. The van der Waals surface area contributed by atoms with Gasteiger partial charge in [-0.1, -0.05) is 25.0 Å².